The minimum absolute atomic E-state index is 0.0629. The van der Waals surface area contributed by atoms with Crippen LogP contribution >= 0.6 is 0 Å². The smallest absolute Gasteiger partial charge is 0.407 e. The lowest BCUT2D eigenvalue weighted by Crippen LogP contribution is -2.31. The first-order chi connectivity index (χ1) is 8.17. The van der Waals surface area contributed by atoms with Gasteiger partial charge in [-0.15, -0.1) is 0 Å². The van der Waals surface area contributed by atoms with Gasteiger partial charge >= 0.3 is 6.09 Å². The summed E-state index contributed by atoms with van der Waals surface area (Å²) >= 11 is 0. The molecule has 1 amide bonds. The fourth-order valence-corrected chi connectivity index (χ4v) is 1.30. The number of benzene rings is 1. The molecule has 2 N–H and O–H groups in total. The first-order valence-electron chi connectivity index (χ1n) is 4.90. The quantitative estimate of drug-likeness (QED) is 0.464. The van der Waals surface area contributed by atoms with Gasteiger partial charge in [-0.05, 0) is 11.1 Å². The molecular weight excluding hydrogens is 224 g/mol. The van der Waals surface area contributed by atoms with Gasteiger partial charge < -0.3 is 15.1 Å². The van der Waals surface area contributed by atoms with Gasteiger partial charge in [0.1, 0.15) is 0 Å². The molecule has 0 radical (unpaired) electrons. The van der Waals surface area contributed by atoms with Gasteiger partial charge in [-0.2, -0.15) is 0 Å². The van der Waals surface area contributed by atoms with Crippen molar-refractivity contribution in [2.45, 2.75) is 6.54 Å². The second-order valence-corrected chi connectivity index (χ2v) is 3.28. The maximum Gasteiger partial charge on any atom is 0.407 e. The maximum atomic E-state index is 10.8. The van der Waals surface area contributed by atoms with Crippen molar-refractivity contribution in [2.24, 2.45) is 5.11 Å². The Morgan fingerprint density at radius 2 is 2.06 bits per heavy atom. The highest BCUT2D eigenvalue weighted by Gasteiger charge is 2.10. The Morgan fingerprint density at radius 1 is 1.41 bits per heavy atom. The number of carboxylic acid groups (broad SMARTS) is 1. The van der Waals surface area contributed by atoms with Crippen LogP contribution in [0.2, 0.25) is 0 Å². The summed E-state index contributed by atoms with van der Waals surface area (Å²) in [5, 5.41) is 21.0. The van der Waals surface area contributed by atoms with Crippen molar-refractivity contribution in [1.82, 2.24) is 4.90 Å². The van der Waals surface area contributed by atoms with Crippen molar-refractivity contribution in [1.29, 1.82) is 0 Å². The van der Waals surface area contributed by atoms with Crippen LogP contribution in [0.3, 0.4) is 0 Å². The lowest BCUT2D eigenvalue weighted by molar-refractivity contribution is 0.129. The van der Waals surface area contributed by atoms with E-state index in [4.69, 9.17) is 15.7 Å². The van der Waals surface area contributed by atoms with E-state index >= 15 is 0 Å². The van der Waals surface area contributed by atoms with Crippen LogP contribution in [-0.2, 0) is 6.54 Å². The average Bonchev–Trinajstić information content (AvgIpc) is 2.31. The fraction of sp³-hybridized carbons (Fsp3) is 0.300. The second kappa shape index (κ2) is 6.37. The molecule has 1 rings (SSSR count). The normalized spacial score (nSPS) is 9.47. The highest BCUT2D eigenvalue weighted by Crippen LogP contribution is 2.14. The number of rotatable bonds is 5. The molecule has 0 fully saturated rings. The van der Waals surface area contributed by atoms with E-state index in [0.717, 1.165) is 10.5 Å². The molecule has 0 atom stereocenters. The van der Waals surface area contributed by atoms with Gasteiger partial charge in [0, 0.05) is 23.7 Å². The van der Waals surface area contributed by atoms with Gasteiger partial charge in [0.05, 0.1) is 6.61 Å². The molecule has 1 aromatic rings. The Bertz CT molecular complexity index is 426. The predicted molar refractivity (Wildman–Crippen MR) is 60.8 cm³/mol. The van der Waals surface area contributed by atoms with Crippen LogP contribution in [0.5, 0.6) is 0 Å². The molecular formula is C10H12N4O3. The molecule has 90 valence electrons. The van der Waals surface area contributed by atoms with Crippen LogP contribution in [-0.4, -0.2) is 34.4 Å². The van der Waals surface area contributed by atoms with Gasteiger partial charge in [0.25, 0.3) is 0 Å². The molecule has 0 aliphatic rings. The van der Waals surface area contributed by atoms with Gasteiger partial charge in [-0.1, -0.05) is 29.4 Å². The molecule has 7 nitrogen and oxygen atoms in total. The van der Waals surface area contributed by atoms with Crippen molar-refractivity contribution in [2.75, 3.05) is 13.2 Å². The number of aliphatic hydroxyl groups excluding tert-OH is 1. The zero-order chi connectivity index (χ0) is 12.7. The largest absolute Gasteiger partial charge is 0.465 e. The van der Waals surface area contributed by atoms with Crippen LogP contribution in [0, 0.1) is 0 Å². The van der Waals surface area contributed by atoms with E-state index in [-0.39, 0.29) is 19.7 Å². The molecule has 0 saturated carbocycles. The SMILES string of the molecule is [N-]=[N+]=Nc1ccc(CN(CCO)C(=O)O)cc1. The highest BCUT2D eigenvalue weighted by molar-refractivity contribution is 5.65. The Labute approximate surface area is 97.5 Å². The van der Waals surface area contributed by atoms with Crippen LogP contribution in [0.1, 0.15) is 5.56 Å². The van der Waals surface area contributed by atoms with Crippen molar-refractivity contribution < 1.29 is 15.0 Å². The van der Waals surface area contributed by atoms with E-state index < -0.39 is 6.09 Å². The standard InChI is InChI=1S/C10H12N4O3/c11-13-12-9-3-1-8(2-4-9)7-14(5-6-15)10(16)17/h1-4,15H,5-7H2,(H,16,17). The Hall–Kier alpha value is -2.24. The zero-order valence-electron chi connectivity index (χ0n) is 9.02. The number of amides is 1. The van der Waals surface area contributed by atoms with E-state index in [0.29, 0.717) is 5.69 Å². The summed E-state index contributed by atoms with van der Waals surface area (Å²) in [6, 6.07) is 6.57. The van der Waals surface area contributed by atoms with E-state index in [1.54, 1.807) is 24.3 Å². The number of aliphatic hydroxyl groups is 1. The summed E-state index contributed by atoms with van der Waals surface area (Å²) < 4.78 is 0. The number of hydrogen-bond acceptors (Lipinski definition) is 3. The minimum Gasteiger partial charge on any atom is -0.465 e. The van der Waals surface area contributed by atoms with Crippen molar-refractivity contribution >= 4 is 11.8 Å². The summed E-state index contributed by atoms with van der Waals surface area (Å²) in [5.41, 5.74) is 9.46. The molecule has 17 heavy (non-hydrogen) atoms. The number of carbonyl (C=O) groups is 1. The van der Waals surface area contributed by atoms with Gasteiger partial charge in [-0.25, -0.2) is 4.79 Å². The van der Waals surface area contributed by atoms with Crippen molar-refractivity contribution in [3.63, 3.8) is 0 Å². The van der Waals surface area contributed by atoms with Crippen LogP contribution in [0.25, 0.3) is 10.4 Å². The number of azide groups is 1. The molecule has 0 aromatic heterocycles. The third-order valence-electron chi connectivity index (χ3n) is 2.11. The third kappa shape index (κ3) is 4.02. The molecule has 0 aliphatic heterocycles. The molecule has 0 saturated heterocycles. The lowest BCUT2D eigenvalue weighted by atomic mass is 10.2. The summed E-state index contributed by atoms with van der Waals surface area (Å²) in [6.45, 7) is 0.0307. The molecule has 0 aliphatic carbocycles. The van der Waals surface area contributed by atoms with Crippen LogP contribution in [0.4, 0.5) is 10.5 Å². The number of nitrogens with zero attached hydrogens (tertiary/aromatic N) is 4. The summed E-state index contributed by atoms with van der Waals surface area (Å²) in [5.74, 6) is 0. The monoisotopic (exact) mass is 236 g/mol. The first kappa shape index (κ1) is 12.8. The Balaban J connectivity index is 2.72. The zero-order valence-corrected chi connectivity index (χ0v) is 9.02. The van der Waals surface area contributed by atoms with E-state index in [1.807, 2.05) is 0 Å². The summed E-state index contributed by atoms with van der Waals surface area (Å²) in [4.78, 5) is 14.6. The van der Waals surface area contributed by atoms with Crippen molar-refractivity contribution in [3.05, 3.63) is 40.3 Å². The van der Waals surface area contributed by atoms with Gasteiger partial charge in [0.2, 0.25) is 0 Å². The van der Waals surface area contributed by atoms with E-state index in [1.165, 1.54) is 0 Å². The van der Waals surface area contributed by atoms with Crippen LogP contribution < -0.4 is 0 Å². The first-order valence-corrected chi connectivity index (χ1v) is 4.90. The van der Waals surface area contributed by atoms with Gasteiger partial charge in [0.15, 0.2) is 0 Å². The minimum atomic E-state index is -1.09. The van der Waals surface area contributed by atoms with Crippen LogP contribution in [0.15, 0.2) is 29.4 Å². The molecule has 1 aromatic carbocycles. The molecule has 0 heterocycles. The predicted octanol–water partition coefficient (Wildman–Crippen LogP) is 2.10. The molecule has 0 bridgehead atoms. The topological polar surface area (TPSA) is 110 Å². The lowest BCUT2D eigenvalue weighted by Gasteiger charge is -2.17. The second-order valence-electron chi connectivity index (χ2n) is 3.28. The van der Waals surface area contributed by atoms with E-state index in [9.17, 15) is 4.79 Å². The Kier molecular flexibility index (Phi) is 4.80. The highest BCUT2D eigenvalue weighted by atomic mass is 16.4. The maximum absolute atomic E-state index is 10.8. The summed E-state index contributed by atoms with van der Waals surface area (Å²) in [7, 11) is 0. The summed E-state index contributed by atoms with van der Waals surface area (Å²) in [6.07, 6.45) is -1.09. The van der Waals surface area contributed by atoms with Crippen molar-refractivity contribution in [3.8, 4) is 0 Å². The molecule has 7 heteroatoms. The number of hydrogen-bond donors (Lipinski definition) is 2. The third-order valence-corrected chi connectivity index (χ3v) is 2.11. The van der Waals surface area contributed by atoms with E-state index in [2.05, 4.69) is 10.0 Å². The average molecular weight is 236 g/mol. The Morgan fingerprint density at radius 3 is 2.53 bits per heavy atom. The fourth-order valence-electron chi connectivity index (χ4n) is 1.30. The molecule has 0 unspecified atom stereocenters. The van der Waals surface area contributed by atoms with Gasteiger partial charge in [-0.3, -0.25) is 0 Å². The molecule has 0 spiro atoms.